The SMILES string of the molecule is CC(C)NCc1cccc(F)c1N(C)CCOCC1CC1. The highest BCUT2D eigenvalue weighted by Gasteiger charge is 2.21. The van der Waals surface area contributed by atoms with Gasteiger partial charge < -0.3 is 15.0 Å². The van der Waals surface area contributed by atoms with Crippen LogP contribution in [0, 0.1) is 11.7 Å². The quantitative estimate of drug-likeness (QED) is 0.708. The molecule has 21 heavy (non-hydrogen) atoms. The minimum absolute atomic E-state index is 0.164. The second-order valence-corrected chi connectivity index (χ2v) is 6.22. The number of benzene rings is 1. The first-order valence-corrected chi connectivity index (χ1v) is 7.87. The second-order valence-electron chi connectivity index (χ2n) is 6.22. The van der Waals surface area contributed by atoms with Crippen molar-refractivity contribution >= 4 is 5.69 Å². The molecule has 1 aromatic rings. The Morgan fingerprint density at radius 2 is 2.14 bits per heavy atom. The van der Waals surface area contributed by atoms with Gasteiger partial charge in [-0.1, -0.05) is 26.0 Å². The standard InChI is InChI=1S/C17H27FN2O/c1-13(2)19-11-15-5-4-6-16(18)17(15)20(3)9-10-21-12-14-7-8-14/h4-6,13-14,19H,7-12H2,1-3H3. The molecule has 0 heterocycles. The summed E-state index contributed by atoms with van der Waals surface area (Å²) in [6.07, 6.45) is 2.60. The fourth-order valence-corrected chi connectivity index (χ4v) is 2.29. The number of nitrogens with zero attached hydrogens (tertiary/aromatic N) is 1. The summed E-state index contributed by atoms with van der Waals surface area (Å²) >= 11 is 0. The normalized spacial score (nSPS) is 14.7. The Bertz CT molecular complexity index is 446. The maximum Gasteiger partial charge on any atom is 0.146 e. The van der Waals surface area contributed by atoms with Crippen LogP contribution >= 0.6 is 0 Å². The topological polar surface area (TPSA) is 24.5 Å². The summed E-state index contributed by atoms with van der Waals surface area (Å²) in [4.78, 5) is 1.96. The Hall–Kier alpha value is -1.13. The van der Waals surface area contributed by atoms with Crippen molar-refractivity contribution in [3.63, 3.8) is 0 Å². The third-order valence-corrected chi connectivity index (χ3v) is 3.77. The lowest BCUT2D eigenvalue weighted by molar-refractivity contribution is 0.130. The smallest absolute Gasteiger partial charge is 0.146 e. The molecule has 4 heteroatoms. The second kappa shape index (κ2) is 7.76. The van der Waals surface area contributed by atoms with E-state index in [0.717, 1.165) is 18.1 Å². The van der Waals surface area contributed by atoms with E-state index in [-0.39, 0.29) is 5.82 Å². The number of likely N-dealkylation sites (N-methyl/N-ethyl adjacent to an activating group) is 1. The number of hydrogen-bond acceptors (Lipinski definition) is 3. The van der Waals surface area contributed by atoms with Gasteiger partial charge >= 0.3 is 0 Å². The van der Waals surface area contributed by atoms with Crippen LogP contribution in [0.1, 0.15) is 32.3 Å². The van der Waals surface area contributed by atoms with E-state index in [1.165, 1.54) is 18.9 Å². The van der Waals surface area contributed by atoms with Crippen molar-refractivity contribution < 1.29 is 9.13 Å². The lowest BCUT2D eigenvalue weighted by atomic mass is 10.1. The first-order chi connectivity index (χ1) is 10.1. The zero-order valence-corrected chi connectivity index (χ0v) is 13.4. The molecule has 0 atom stereocenters. The lowest BCUT2D eigenvalue weighted by Gasteiger charge is -2.23. The molecule has 118 valence electrons. The number of para-hydroxylation sites is 1. The Balaban J connectivity index is 1.91. The van der Waals surface area contributed by atoms with Crippen LogP contribution in [0.25, 0.3) is 0 Å². The lowest BCUT2D eigenvalue weighted by Crippen LogP contribution is -2.27. The molecule has 0 aliphatic heterocycles. The van der Waals surface area contributed by atoms with Crippen LogP contribution in [0.2, 0.25) is 0 Å². The summed E-state index contributed by atoms with van der Waals surface area (Å²) in [6.45, 7) is 7.08. The molecule has 3 nitrogen and oxygen atoms in total. The molecule has 0 bridgehead atoms. The van der Waals surface area contributed by atoms with Crippen molar-refractivity contribution in [3.8, 4) is 0 Å². The molecule has 1 N–H and O–H groups in total. The minimum Gasteiger partial charge on any atom is -0.379 e. The summed E-state index contributed by atoms with van der Waals surface area (Å²) < 4.78 is 19.8. The summed E-state index contributed by atoms with van der Waals surface area (Å²) in [7, 11) is 1.93. The van der Waals surface area contributed by atoms with Gasteiger partial charge in [0.2, 0.25) is 0 Å². The molecule has 1 aliphatic carbocycles. The third kappa shape index (κ3) is 5.29. The molecule has 0 aromatic heterocycles. The number of rotatable bonds is 9. The maximum absolute atomic E-state index is 14.2. The molecule has 0 spiro atoms. The molecule has 1 fully saturated rings. The summed E-state index contributed by atoms with van der Waals surface area (Å²) in [5.41, 5.74) is 1.68. The fraction of sp³-hybridized carbons (Fsp3) is 0.647. The monoisotopic (exact) mass is 294 g/mol. The van der Waals surface area contributed by atoms with Gasteiger partial charge in [-0.25, -0.2) is 4.39 Å². The van der Waals surface area contributed by atoms with Gasteiger partial charge in [-0.3, -0.25) is 0 Å². The van der Waals surface area contributed by atoms with E-state index < -0.39 is 0 Å². The van der Waals surface area contributed by atoms with E-state index in [9.17, 15) is 4.39 Å². The van der Waals surface area contributed by atoms with Crippen LogP contribution in [-0.4, -0.2) is 32.8 Å². The zero-order valence-electron chi connectivity index (χ0n) is 13.4. The van der Waals surface area contributed by atoms with Crippen molar-refractivity contribution in [2.75, 3.05) is 31.7 Å². The van der Waals surface area contributed by atoms with Crippen molar-refractivity contribution in [1.82, 2.24) is 5.32 Å². The molecule has 0 radical (unpaired) electrons. The highest BCUT2D eigenvalue weighted by molar-refractivity contribution is 5.54. The number of halogens is 1. The van der Waals surface area contributed by atoms with Gasteiger partial charge in [-0.2, -0.15) is 0 Å². The van der Waals surface area contributed by atoms with Gasteiger partial charge in [-0.15, -0.1) is 0 Å². The molecule has 1 aromatic carbocycles. The summed E-state index contributed by atoms with van der Waals surface area (Å²) in [5, 5.41) is 3.35. The van der Waals surface area contributed by atoms with E-state index >= 15 is 0 Å². The van der Waals surface area contributed by atoms with E-state index in [0.29, 0.717) is 31.4 Å². The summed E-state index contributed by atoms with van der Waals surface area (Å²) in [5.74, 6) is 0.609. The van der Waals surface area contributed by atoms with Crippen LogP contribution in [0.3, 0.4) is 0 Å². The van der Waals surface area contributed by atoms with E-state index in [4.69, 9.17) is 4.74 Å². The third-order valence-electron chi connectivity index (χ3n) is 3.77. The molecule has 2 rings (SSSR count). The predicted octanol–water partition coefficient (Wildman–Crippen LogP) is 3.19. The van der Waals surface area contributed by atoms with Crippen LogP contribution in [0.15, 0.2) is 18.2 Å². The van der Waals surface area contributed by atoms with Crippen LogP contribution in [0.5, 0.6) is 0 Å². The van der Waals surface area contributed by atoms with E-state index in [1.807, 2.05) is 18.0 Å². The predicted molar refractivity (Wildman–Crippen MR) is 85.2 cm³/mol. The number of nitrogens with one attached hydrogen (secondary N) is 1. The fourth-order valence-electron chi connectivity index (χ4n) is 2.29. The van der Waals surface area contributed by atoms with Crippen molar-refractivity contribution in [1.29, 1.82) is 0 Å². The number of anilines is 1. The summed E-state index contributed by atoms with van der Waals surface area (Å²) in [6, 6.07) is 5.66. The van der Waals surface area contributed by atoms with Crippen molar-refractivity contribution in [2.24, 2.45) is 5.92 Å². The first kappa shape index (κ1) is 16.2. The molecule has 1 saturated carbocycles. The Morgan fingerprint density at radius 3 is 2.81 bits per heavy atom. The van der Waals surface area contributed by atoms with Gasteiger partial charge in [0.15, 0.2) is 0 Å². The molecular formula is C17H27FN2O. The van der Waals surface area contributed by atoms with Gasteiger partial charge in [0, 0.05) is 32.8 Å². The minimum atomic E-state index is -0.164. The molecular weight excluding hydrogens is 267 g/mol. The van der Waals surface area contributed by atoms with E-state index in [2.05, 4.69) is 19.2 Å². The maximum atomic E-state index is 14.2. The van der Waals surface area contributed by atoms with Crippen molar-refractivity contribution in [3.05, 3.63) is 29.6 Å². The zero-order chi connectivity index (χ0) is 15.2. The Morgan fingerprint density at radius 1 is 1.38 bits per heavy atom. The average molecular weight is 294 g/mol. The van der Waals surface area contributed by atoms with Crippen LogP contribution in [0.4, 0.5) is 10.1 Å². The number of ether oxygens (including phenoxy) is 1. The van der Waals surface area contributed by atoms with Gasteiger partial charge in [0.05, 0.1) is 12.3 Å². The molecule has 0 amide bonds. The average Bonchev–Trinajstić information content (AvgIpc) is 3.25. The van der Waals surface area contributed by atoms with E-state index in [1.54, 1.807) is 6.07 Å². The highest BCUT2D eigenvalue weighted by Crippen LogP contribution is 2.29. The van der Waals surface area contributed by atoms with Gasteiger partial charge in [-0.05, 0) is 30.4 Å². The Labute approximate surface area is 127 Å². The van der Waals surface area contributed by atoms with Crippen LogP contribution in [-0.2, 0) is 11.3 Å². The van der Waals surface area contributed by atoms with Gasteiger partial charge in [0.1, 0.15) is 5.82 Å². The Kier molecular flexibility index (Phi) is 6.00. The van der Waals surface area contributed by atoms with Crippen LogP contribution < -0.4 is 10.2 Å². The number of hydrogen-bond donors (Lipinski definition) is 1. The molecule has 0 saturated heterocycles. The van der Waals surface area contributed by atoms with Gasteiger partial charge in [0.25, 0.3) is 0 Å². The highest BCUT2D eigenvalue weighted by atomic mass is 19.1. The molecule has 0 unspecified atom stereocenters. The first-order valence-electron chi connectivity index (χ1n) is 7.87. The largest absolute Gasteiger partial charge is 0.379 e. The van der Waals surface area contributed by atoms with Crippen molar-refractivity contribution in [2.45, 2.75) is 39.3 Å². The molecule has 1 aliphatic rings.